The van der Waals surface area contributed by atoms with Crippen molar-refractivity contribution < 1.29 is 9.84 Å². The third-order valence-corrected chi connectivity index (χ3v) is 4.17. The predicted octanol–water partition coefficient (Wildman–Crippen LogP) is 3.04. The predicted molar refractivity (Wildman–Crippen MR) is 81.3 cm³/mol. The van der Waals surface area contributed by atoms with Crippen LogP contribution in [0.15, 0.2) is 42.6 Å². The van der Waals surface area contributed by atoms with Gasteiger partial charge in [-0.25, -0.2) is 4.68 Å². The van der Waals surface area contributed by atoms with Crippen LogP contribution in [0.4, 0.5) is 0 Å². The van der Waals surface area contributed by atoms with E-state index in [1.807, 2.05) is 41.1 Å². The number of benzene rings is 1. The summed E-state index contributed by atoms with van der Waals surface area (Å²) in [5, 5.41) is 15.5. The van der Waals surface area contributed by atoms with E-state index in [-0.39, 0.29) is 6.10 Å². The molecule has 1 saturated heterocycles. The van der Waals surface area contributed by atoms with Gasteiger partial charge in [0.2, 0.25) is 0 Å². The molecule has 2 atom stereocenters. The third kappa shape index (κ3) is 2.87. The molecule has 1 aromatic heterocycles. The number of rotatable bonds is 4. The van der Waals surface area contributed by atoms with Crippen molar-refractivity contribution in [2.75, 3.05) is 6.61 Å². The van der Waals surface area contributed by atoms with Crippen molar-refractivity contribution in [1.82, 2.24) is 9.78 Å². The molecule has 0 saturated carbocycles. The van der Waals surface area contributed by atoms with Gasteiger partial charge in [0.15, 0.2) is 0 Å². The zero-order valence-electron chi connectivity index (χ0n) is 12.4. The second-order valence-corrected chi connectivity index (χ2v) is 5.73. The molecule has 1 aliphatic heterocycles. The SMILES string of the molecule is CCCC1CC(O)(c2ccnn2-c2ccccc2)CCO1. The zero-order chi connectivity index (χ0) is 14.7. The van der Waals surface area contributed by atoms with Crippen LogP contribution < -0.4 is 0 Å². The largest absolute Gasteiger partial charge is 0.383 e. The Balaban J connectivity index is 1.91. The van der Waals surface area contributed by atoms with Crippen LogP contribution in [0.3, 0.4) is 0 Å². The number of nitrogens with zero attached hydrogens (tertiary/aromatic N) is 2. The van der Waals surface area contributed by atoms with Gasteiger partial charge in [-0.15, -0.1) is 0 Å². The first-order valence-electron chi connectivity index (χ1n) is 7.67. The lowest BCUT2D eigenvalue weighted by atomic mass is 9.86. The maximum absolute atomic E-state index is 11.1. The van der Waals surface area contributed by atoms with Gasteiger partial charge in [0.1, 0.15) is 5.60 Å². The lowest BCUT2D eigenvalue weighted by Crippen LogP contribution is -2.40. The van der Waals surface area contributed by atoms with E-state index in [9.17, 15) is 5.11 Å². The van der Waals surface area contributed by atoms with Crippen LogP contribution in [-0.4, -0.2) is 27.6 Å². The summed E-state index contributed by atoms with van der Waals surface area (Å²) in [4.78, 5) is 0. The van der Waals surface area contributed by atoms with Crippen LogP contribution >= 0.6 is 0 Å². The van der Waals surface area contributed by atoms with Gasteiger partial charge >= 0.3 is 0 Å². The van der Waals surface area contributed by atoms with Crippen molar-refractivity contribution in [3.05, 3.63) is 48.3 Å². The molecule has 21 heavy (non-hydrogen) atoms. The van der Waals surface area contributed by atoms with Gasteiger partial charge in [0.25, 0.3) is 0 Å². The van der Waals surface area contributed by atoms with Gasteiger partial charge in [-0.3, -0.25) is 0 Å². The van der Waals surface area contributed by atoms with Crippen LogP contribution in [0.2, 0.25) is 0 Å². The van der Waals surface area contributed by atoms with Crippen molar-refractivity contribution >= 4 is 0 Å². The van der Waals surface area contributed by atoms with Crippen molar-refractivity contribution in [1.29, 1.82) is 0 Å². The maximum Gasteiger partial charge on any atom is 0.111 e. The number of para-hydroxylation sites is 1. The Hall–Kier alpha value is -1.65. The van der Waals surface area contributed by atoms with Gasteiger partial charge in [-0.2, -0.15) is 5.10 Å². The molecule has 1 aromatic carbocycles. The fourth-order valence-electron chi connectivity index (χ4n) is 3.10. The zero-order valence-corrected chi connectivity index (χ0v) is 12.4. The number of hydrogen-bond donors (Lipinski definition) is 1. The molecular formula is C17H22N2O2. The van der Waals surface area contributed by atoms with E-state index in [0.29, 0.717) is 19.4 Å². The lowest BCUT2D eigenvalue weighted by molar-refractivity contribution is -0.113. The van der Waals surface area contributed by atoms with Gasteiger partial charge in [-0.05, 0) is 24.6 Å². The molecule has 2 aromatic rings. The standard InChI is InChI=1S/C17H22N2O2/c1-2-6-15-13-17(20,10-12-21-15)16-9-11-18-19(16)14-7-4-3-5-8-14/h3-5,7-9,11,15,20H,2,6,10,12-13H2,1H3. The second kappa shape index (κ2) is 6.00. The molecule has 0 bridgehead atoms. The van der Waals surface area contributed by atoms with E-state index < -0.39 is 5.60 Å². The summed E-state index contributed by atoms with van der Waals surface area (Å²) >= 11 is 0. The Morgan fingerprint density at radius 3 is 2.90 bits per heavy atom. The average molecular weight is 286 g/mol. The summed E-state index contributed by atoms with van der Waals surface area (Å²) in [5.74, 6) is 0. The van der Waals surface area contributed by atoms with Crippen LogP contribution in [-0.2, 0) is 10.3 Å². The van der Waals surface area contributed by atoms with Crippen molar-refractivity contribution in [2.24, 2.45) is 0 Å². The Bertz CT molecular complexity index is 579. The van der Waals surface area contributed by atoms with Crippen LogP contribution in [0.5, 0.6) is 0 Å². The highest BCUT2D eigenvalue weighted by molar-refractivity contribution is 5.34. The Labute approximate surface area is 125 Å². The van der Waals surface area contributed by atoms with Gasteiger partial charge in [-0.1, -0.05) is 31.5 Å². The molecule has 0 spiro atoms. The van der Waals surface area contributed by atoms with Crippen LogP contribution in [0.25, 0.3) is 5.69 Å². The highest BCUT2D eigenvalue weighted by Gasteiger charge is 2.38. The Kier molecular flexibility index (Phi) is 4.08. The second-order valence-electron chi connectivity index (χ2n) is 5.73. The Morgan fingerprint density at radius 2 is 2.14 bits per heavy atom. The molecule has 1 N–H and O–H groups in total. The van der Waals surface area contributed by atoms with Gasteiger partial charge < -0.3 is 9.84 Å². The molecule has 3 rings (SSSR count). The molecule has 0 radical (unpaired) electrons. The average Bonchev–Trinajstić information content (AvgIpc) is 2.99. The van der Waals surface area contributed by atoms with Crippen molar-refractivity contribution in [3.63, 3.8) is 0 Å². The maximum atomic E-state index is 11.1. The fourth-order valence-corrected chi connectivity index (χ4v) is 3.10. The third-order valence-electron chi connectivity index (χ3n) is 4.17. The van der Waals surface area contributed by atoms with Crippen LogP contribution in [0.1, 0.15) is 38.3 Å². The molecule has 4 nitrogen and oxygen atoms in total. The number of aliphatic hydroxyl groups is 1. The first kappa shape index (κ1) is 14.3. The smallest absolute Gasteiger partial charge is 0.111 e. The molecule has 112 valence electrons. The summed E-state index contributed by atoms with van der Waals surface area (Å²) in [5.41, 5.74) is 0.979. The van der Waals surface area contributed by atoms with E-state index >= 15 is 0 Å². The van der Waals surface area contributed by atoms with E-state index in [1.54, 1.807) is 6.20 Å². The molecule has 1 aliphatic rings. The minimum atomic E-state index is -0.857. The summed E-state index contributed by atoms with van der Waals surface area (Å²) in [6, 6.07) is 11.9. The van der Waals surface area contributed by atoms with Gasteiger partial charge in [0.05, 0.1) is 24.1 Å². The molecular weight excluding hydrogens is 264 g/mol. The van der Waals surface area contributed by atoms with E-state index in [4.69, 9.17) is 4.74 Å². The highest BCUT2D eigenvalue weighted by atomic mass is 16.5. The molecule has 0 amide bonds. The van der Waals surface area contributed by atoms with Crippen molar-refractivity contribution in [2.45, 2.75) is 44.3 Å². The first-order valence-corrected chi connectivity index (χ1v) is 7.67. The normalized spacial score (nSPS) is 25.9. The summed E-state index contributed by atoms with van der Waals surface area (Å²) in [7, 11) is 0. The van der Waals surface area contributed by atoms with Crippen molar-refractivity contribution in [3.8, 4) is 5.69 Å². The molecule has 2 heterocycles. The van der Waals surface area contributed by atoms with Crippen LogP contribution in [0, 0.1) is 0 Å². The monoisotopic (exact) mass is 286 g/mol. The summed E-state index contributed by atoms with van der Waals surface area (Å²) < 4.78 is 7.61. The fraction of sp³-hybridized carbons (Fsp3) is 0.471. The number of ether oxygens (including phenoxy) is 1. The van der Waals surface area contributed by atoms with E-state index in [0.717, 1.165) is 24.2 Å². The molecule has 4 heteroatoms. The van der Waals surface area contributed by atoms with E-state index in [2.05, 4.69) is 12.0 Å². The minimum absolute atomic E-state index is 0.132. The minimum Gasteiger partial charge on any atom is -0.383 e. The lowest BCUT2D eigenvalue weighted by Gasteiger charge is -2.37. The quantitative estimate of drug-likeness (QED) is 0.939. The highest BCUT2D eigenvalue weighted by Crippen LogP contribution is 2.36. The Morgan fingerprint density at radius 1 is 1.33 bits per heavy atom. The molecule has 0 aliphatic carbocycles. The first-order chi connectivity index (χ1) is 10.2. The number of aromatic nitrogens is 2. The molecule has 2 unspecified atom stereocenters. The summed E-state index contributed by atoms with van der Waals surface area (Å²) in [6.07, 6.45) is 5.20. The molecule has 1 fully saturated rings. The topological polar surface area (TPSA) is 47.3 Å². The number of hydrogen-bond acceptors (Lipinski definition) is 3. The van der Waals surface area contributed by atoms with Gasteiger partial charge in [0, 0.05) is 19.0 Å². The van der Waals surface area contributed by atoms with E-state index in [1.165, 1.54) is 0 Å². The summed E-state index contributed by atoms with van der Waals surface area (Å²) in [6.45, 7) is 2.74.